The van der Waals surface area contributed by atoms with Gasteiger partial charge in [0, 0.05) is 55.4 Å². The van der Waals surface area contributed by atoms with Gasteiger partial charge in [-0.15, -0.1) is 0 Å². The van der Waals surface area contributed by atoms with E-state index in [2.05, 4.69) is 19.7 Å². The van der Waals surface area contributed by atoms with E-state index in [1.54, 1.807) is 21.6 Å². The fourth-order valence-corrected chi connectivity index (χ4v) is 5.62. The number of hydrogen-bond donors (Lipinski definition) is 8. The highest BCUT2D eigenvalue weighted by molar-refractivity contribution is 8.76. The Morgan fingerprint density at radius 3 is 1.74 bits per heavy atom. The summed E-state index contributed by atoms with van der Waals surface area (Å²) in [6, 6.07) is 0. The summed E-state index contributed by atoms with van der Waals surface area (Å²) in [4.78, 5) is 81.4. The van der Waals surface area contributed by atoms with Gasteiger partial charge in [0.2, 0.25) is 11.8 Å². The largest absolute Gasteiger partial charge is 0.469 e. The molecule has 0 bridgehead atoms. The van der Waals surface area contributed by atoms with Gasteiger partial charge in [0.25, 0.3) is 0 Å². The molecule has 8 N–H and O–H groups in total. The molecular weight excluding hydrogens is 690 g/mol. The third-order valence-corrected chi connectivity index (χ3v) is 8.98. The van der Waals surface area contributed by atoms with Crippen LogP contribution < -0.4 is 10.6 Å². The second kappa shape index (κ2) is 23.5. The highest BCUT2D eigenvalue weighted by Crippen LogP contribution is 2.40. The quantitative estimate of drug-likeness (QED) is 0.0400. The molecule has 16 nitrogen and oxygen atoms in total. The summed E-state index contributed by atoms with van der Waals surface area (Å²) >= 11 is 0. The number of hydrogen-bond acceptors (Lipinski definition) is 12. The average Bonchev–Trinajstić information content (AvgIpc) is 2.95. The van der Waals surface area contributed by atoms with Crippen molar-refractivity contribution in [2.45, 2.75) is 91.8 Å². The van der Waals surface area contributed by atoms with Crippen LogP contribution in [0.15, 0.2) is 0 Å². The number of ketones is 2. The molecule has 0 aromatic heterocycles. The van der Waals surface area contributed by atoms with Gasteiger partial charge in [-0.1, -0.05) is 56.2 Å². The van der Waals surface area contributed by atoms with Crippen molar-refractivity contribution in [2.24, 2.45) is 10.8 Å². The fraction of sp³-hybridized carbons (Fsp3) is 0.846. The van der Waals surface area contributed by atoms with Crippen molar-refractivity contribution in [1.82, 2.24) is 10.6 Å². The van der Waals surface area contributed by atoms with Crippen LogP contribution in [-0.4, -0.2) is 104 Å². The van der Waals surface area contributed by atoms with Crippen LogP contribution >= 0.6 is 37.2 Å². The lowest BCUT2D eigenvalue weighted by atomic mass is 9.84. The van der Waals surface area contributed by atoms with Gasteiger partial charge in [0.1, 0.15) is 18.0 Å². The first-order valence-corrected chi connectivity index (χ1v) is 20.3. The van der Waals surface area contributed by atoms with E-state index in [9.17, 15) is 38.5 Å². The molecule has 0 aliphatic heterocycles. The summed E-state index contributed by atoms with van der Waals surface area (Å²) in [6.07, 6.45) is 1.94. The normalized spacial score (nSPS) is 13.7. The Kier molecular flexibility index (Phi) is 24.1. The van der Waals surface area contributed by atoms with Crippen LogP contribution in [0.4, 0.5) is 0 Å². The standard InChI is InChI=1S/C14H27O7PS2.C12H25N2O7P/c1-14(2,10-21-22(18,19)20)13(17)12(16)8-4-6-11(15)7-5-9-24-23-3;1-4-6-13-9(15)5-7-14-11(17)10(16)12(2,3)8-21-22(18,19)20/h13,17H,4-10H2,1-3H3,(H2,18,19,20);10,16H,4-8H2,1-3H3,(H,13,15)(H,14,17)(H2,18,19,20)/t13-;10-/m00/s1. The number of phosphoric ester groups is 2. The number of phosphoric acid groups is 2. The van der Waals surface area contributed by atoms with Crippen LogP contribution in [0, 0.1) is 10.8 Å². The summed E-state index contributed by atoms with van der Waals surface area (Å²) in [7, 11) is -5.96. The van der Waals surface area contributed by atoms with Gasteiger partial charge in [-0.05, 0) is 25.5 Å². The Morgan fingerprint density at radius 2 is 1.26 bits per heavy atom. The number of nitrogens with one attached hydrogen (secondary N) is 2. The Bertz CT molecular complexity index is 1040. The Labute approximate surface area is 278 Å². The van der Waals surface area contributed by atoms with Crippen molar-refractivity contribution in [2.75, 3.05) is 38.3 Å². The van der Waals surface area contributed by atoms with Crippen molar-refractivity contribution < 1.29 is 67.1 Å². The van der Waals surface area contributed by atoms with Crippen molar-refractivity contribution in [3.63, 3.8) is 0 Å². The van der Waals surface area contributed by atoms with Gasteiger partial charge in [-0.25, -0.2) is 9.13 Å². The van der Waals surface area contributed by atoms with Crippen molar-refractivity contribution in [1.29, 1.82) is 0 Å². The van der Waals surface area contributed by atoms with E-state index in [0.717, 1.165) is 18.6 Å². The molecule has 0 saturated heterocycles. The first-order chi connectivity index (χ1) is 21.0. The van der Waals surface area contributed by atoms with Gasteiger partial charge in [-0.3, -0.25) is 28.2 Å². The molecule has 0 radical (unpaired) electrons. The molecule has 0 aliphatic rings. The van der Waals surface area contributed by atoms with E-state index < -0.39 is 63.6 Å². The number of carbonyl (C=O) groups excluding carboxylic acids is 4. The second-order valence-electron chi connectivity index (χ2n) is 11.7. The van der Waals surface area contributed by atoms with E-state index in [0.29, 0.717) is 25.8 Å². The molecule has 0 unspecified atom stereocenters. The molecule has 0 saturated carbocycles. The molecule has 272 valence electrons. The van der Waals surface area contributed by atoms with Crippen molar-refractivity contribution >= 4 is 60.6 Å². The van der Waals surface area contributed by atoms with Crippen LogP contribution in [0.3, 0.4) is 0 Å². The molecule has 46 heavy (non-hydrogen) atoms. The van der Waals surface area contributed by atoms with E-state index in [-0.39, 0.29) is 31.1 Å². The van der Waals surface area contributed by atoms with Crippen LogP contribution in [0.5, 0.6) is 0 Å². The molecule has 0 fully saturated rings. The highest BCUT2D eigenvalue weighted by atomic mass is 33.1. The molecule has 2 atom stereocenters. The summed E-state index contributed by atoms with van der Waals surface area (Å²) in [5.74, 6) is -0.385. The molecule has 0 spiro atoms. The maximum atomic E-state index is 12.0. The first kappa shape index (κ1) is 47.2. The zero-order chi connectivity index (χ0) is 36.2. The van der Waals surface area contributed by atoms with Gasteiger partial charge in [0.15, 0.2) is 5.78 Å². The van der Waals surface area contributed by atoms with Gasteiger partial charge >= 0.3 is 15.6 Å². The van der Waals surface area contributed by atoms with E-state index in [1.807, 2.05) is 13.2 Å². The predicted octanol–water partition coefficient (Wildman–Crippen LogP) is 2.10. The molecule has 2 amide bonds. The molecule has 0 heterocycles. The van der Waals surface area contributed by atoms with Gasteiger partial charge in [-0.2, -0.15) is 0 Å². The SMILES string of the molecule is CCCNC(=O)CCNC(=O)[C@H](O)C(C)(C)COP(=O)(O)O.CSSCCCC(=O)CCCC(=O)[C@H](O)C(C)(C)COP(=O)(O)O. The minimum absolute atomic E-state index is 0.0474. The number of rotatable bonds is 24. The van der Waals surface area contributed by atoms with Crippen molar-refractivity contribution in [3.05, 3.63) is 0 Å². The Balaban J connectivity index is 0. The maximum absolute atomic E-state index is 12.0. The molecular formula is C26H52N2O14P2S2. The summed E-state index contributed by atoms with van der Waals surface area (Å²) < 4.78 is 30.0. The number of aliphatic hydroxyl groups excluding tert-OH is 2. The first-order valence-electron chi connectivity index (χ1n) is 14.5. The third-order valence-electron chi connectivity index (χ3n) is 6.15. The summed E-state index contributed by atoms with van der Waals surface area (Å²) in [5, 5.41) is 25.0. The lowest BCUT2D eigenvalue weighted by molar-refractivity contribution is -0.137. The van der Waals surface area contributed by atoms with E-state index in [1.165, 1.54) is 27.7 Å². The maximum Gasteiger partial charge on any atom is 0.469 e. The second-order valence-corrected chi connectivity index (χ2v) is 16.8. The average molecular weight is 743 g/mol. The van der Waals surface area contributed by atoms with E-state index >= 15 is 0 Å². The number of Topliss-reactive ketones (excluding diaryl/α,β-unsaturated/α-hetero) is 2. The predicted molar refractivity (Wildman–Crippen MR) is 176 cm³/mol. The Morgan fingerprint density at radius 1 is 0.761 bits per heavy atom. The van der Waals surface area contributed by atoms with Crippen LogP contribution in [0.2, 0.25) is 0 Å². The molecule has 0 aromatic carbocycles. The van der Waals surface area contributed by atoms with Crippen LogP contribution in [-0.2, 0) is 37.4 Å². The molecule has 0 aromatic rings. The smallest absolute Gasteiger partial charge is 0.385 e. The third kappa shape index (κ3) is 25.2. The number of amides is 2. The monoisotopic (exact) mass is 742 g/mol. The Hall–Kier alpha value is -0.880. The number of carbonyl (C=O) groups is 4. The fourth-order valence-electron chi connectivity index (χ4n) is 3.33. The molecule has 0 aliphatic carbocycles. The highest BCUT2D eigenvalue weighted by Gasteiger charge is 2.36. The van der Waals surface area contributed by atoms with Crippen molar-refractivity contribution in [3.8, 4) is 0 Å². The lowest BCUT2D eigenvalue weighted by Gasteiger charge is -2.29. The molecule has 0 rings (SSSR count). The number of aliphatic hydroxyl groups is 2. The zero-order valence-electron chi connectivity index (χ0n) is 27.3. The van der Waals surface area contributed by atoms with E-state index in [4.69, 9.17) is 19.6 Å². The topological polar surface area (TPSA) is 266 Å². The molecule has 20 heteroatoms. The zero-order valence-corrected chi connectivity index (χ0v) is 30.7. The van der Waals surface area contributed by atoms with Gasteiger partial charge < -0.3 is 40.4 Å². The van der Waals surface area contributed by atoms with Crippen LogP contribution in [0.25, 0.3) is 0 Å². The van der Waals surface area contributed by atoms with Crippen LogP contribution in [0.1, 0.15) is 79.6 Å². The summed E-state index contributed by atoms with van der Waals surface area (Å²) in [5.41, 5.74) is -2.33. The lowest BCUT2D eigenvalue weighted by Crippen LogP contribution is -2.46. The minimum atomic E-state index is -4.67. The minimum Gasteiger partial charge on any atom is -0.385 e. The summed E-state index contributed by atoms with van der Waals surface area (Å²) in [6.45, 7) is 7.42. The van der Waals surface area contributed by atoms with Gasteiger partial charge in [0.05, 0.1) is 13.2 Å².